The summed E-state index contributed by atoms with van der Waals surface area (Å²) in [7, 11) is 1.42. The molecule has 2 heteroatoms. The molecule has 3 rings (SSSR count). The van der Waals surface area contributed by atoms with Gasteiger partial charge in [-0.2, -0.15) is 0 Å². The summed E-state index contributed by atoms with van der Waals surface area (Å²) in [6.45, 7) is 2.34. The molecular weight excluding hydrogens is 344 g/mol. The Kier molecular flexibility index (Phi) is 8.76. The molecule has 0 spiro atoms. The lowest BCUT2D eigenvalue weighted by molar-refractivity contribution is 0.186. The van der Waals surface area contributed by atoms with Crippen LogP contribution in [0.4, 0.5) is 0 Å². The molecule has 0 N–H and O–H groups in total. The van der Waals surface area contributed by atoms with Crippen LogP contribution in [0.15, 0.2) is 24.3 Å². The Labute approximate surface area is 169 Å². The molecule has 1 aliphatic carbocycles. The number of ether oxygens (including phenoxy) is 1. The highest BCUT2D eigenvalue weighted by Crippen LogP contribution is 2.42. The number of hydrogen-bond donors (Lipinski definition) is 0. The zero-order valence-corrected chi connectivity index (χ0v) is 19.1. The zero-order chi connectivity index (χ0) is 18.9. The second-order valence-electron chi connectivity index (χ2n) is 9.44. The first-order valence-electron chi connectivity index (χ1n) is 11.9. The summed E-state index contributed by atoms with van der Waals surface area (Å²) in [4.78, 5) is 0. The Morgan fingerprint density at radius 1 is 0.889 bits per heavy atom. The smallest absolute Gasteiger partial charge is 0.118 e. The SMILES string of the molecule is CCCCC[Si@H]1CC[C@H]([C@H]2CC[C@H](CCc3ccc(OC)cc3)CC2)CC1. The molecule has 1 heterocycles. The Bertz CT molecular complexity index is 510. The molecule has 1 nitrogen and oxygen atoms in total. The highest BCUT2D eigenvalue weighted by Gasteiger charge is 2.30. The second kappa shape index (κ2) is 11.3. The van der Waals surface area contributed by atoms with Gasteiger partial charge in [0.25, 0.3) is 0 Å². The van der Waals surface area contributed by atoms with Crippen molar-refractivity contribution in [3.63, 3.8) is 0 Å². The highest BCUT2D eigenvalue weighted by atomic mass is 28.3. The van der Waals surface area contributed by atoms with Gasteiger partial charge in [-0.15, -0.1) is 0 Å². The van der Waals surface area contributed by atoms with Gasteiger partial charge in [0.05, 0.1) is 7.11 Å². The number of methoxy groups -OCH3 is 1. The van der Waals surface area contributed by atoms with Gasteiger partial charge >= 0.3 is 0 Å². The van der Waals surface area contributed by atoms with E-state index in [1.165, 1.54) is 63.4 Å². The molecule has 2 aliphatic rings. The fraction of sp³-hybridized carbons (Fsp3) is 0.760. The summed E-state index contributed by atoms with van der Waals surface area (Å²) < 4.78 is 5.27. The lowest BCUT2D eigenvalue weighted by Gasteiger charge is -2.37. The van der Waals surface area contributed by atoms with Gasteiger partial charge in [-0.25, -0.2) is 0 Å². The highest BCUT2D eigenvalue weighted by molar-refractivity contribution is 6.58. The van der Waals surface area contributed by atoms with Crippen LogP contribution in [0.2, 0.25) is 18.1 Å². The van der Waals surface area contributed by atoms with E-state index in [2.05, 4.69) is 31.2 Å². The monoisotopic (exact) mass is 386 g/mol. The lowest BCUT2D eigenvalue weighted by Crippen LogP contribution is -2.28. The van der Waals surface area contributed by atoms with E-state index in [1.807, 2.05) is 0 Å². The minimum atomic E-state index is -0.324. The van der Waals surface area contributed by atoms with Crippen molar-refractivity contribution in [1.82, 2.24) is 0 Å². The molecule has 0 radical (unpaired) electrons. The molecule has 152 valence electrons. The van der Waals surface area contributed by atoms with Gasteiger partial charge in [-0.3, -0.25) is 0 Å². The zero-order valence-electron chi connectivity index (χ0n) is 17.9. The van der Waals surface area contributed by atoms with Crippen LogP contribution in [0.3, 0.4) is 0 Å². The van der Waals surface area contributed by atoms with E-state index in [9.17, 15) is 0 Å². The standard InChI is InChI=1S/C25H42OSi/c1-3-4-5-18-27-19-16-24(17-20-27)23-12-8-21(9-13-23)6-7-22-10-14-25(26-2)15-11-22/h10-11,14-15,21,23-24,27H,3-9,12-13,16-20H2,1-2H3/t21-,23-,24-,27-. The van der Waals surface area contributed by atoms with Crippen LogP contribution in [0.5, 0.6) is 5.75 Å². The van der Waals surface area contributed by atoms with E-state index < -0.39 is 0 Å². The van der Waals surface area contributed by atoms with Crippen LogP contribution >= 0.6 is 0 Å². The van der Waals surface area contributed by atoms with Crippen LogP contribution in [0.25, 0.3) is 0 Å². The van der Waals surface area contributed by atoms with Gasteiger partial charge in [0.15, 0.2) is 0 Å². The lowest BCUT2D eigenvalue weighted by atomic mass is 9.73. The third kappa shape index (κ3) is 6.66. The normalized spacial score (nSPS) is 28.8. The van der Waals surface area contributed by atoms with E-state index >= 15 is 0 Å². The Morgan fingerprint density at radius 2 is 1.56 bits per heavy atom. The van der Waals surface area contributed by atoms with Crippen molar-refractivity contribution in [2.75, 3.05) is 7.11 Å². The molecular formula is C25H42OSi. The number of unbranched alkanes of at least 4 members (excludes halogenated alkanes) is 2. The maximum Gasteiger partial charge on any atom is 0.118 e. The average Bonchev–Trinajstić information content (AvgIpc) is 2.74. The van der Waals surface area contributed by atoms with Crippen LogP contribution in [0, 0.1) is 17.8 Å². The predicted molar refractivity (Wildman–Crippen MR) is 121 cm³/mol. The fourth-order valence-corrected chi connectivity index (χ4v) is 9.27. The van der Waals surface area contributed by atoms with E-state index in [-0.39, 0.29) is 8.80 Å². The van der Waals surface area contributed by atoms with Gasteiger partial charge in [0.2, 0.25) is 0 Å². The minimum absolute atomic E-state index is 0.324. The van der Waals surface area contributed by atoms with Crippen molar-refractivity contribution >= 4 is 8.80 Å². The Balaban J connectivity index is 1.32. The van der Waals surface area contributed by atoms with Gasteiger partial charge in [-0.05, 0) is 61.1 Å². The maximum atomic E-state index is 5.27. The number of rotatable bonds is 9. The van der Waals surface area contributed by atoms with Crippen LogP contribution in [-0.4, -0.2) is 15.9 Å². The minimum Gasteiger partial charge on any atom is -0.497 e. The first-order chi connectivity index (χ1) is 13.3. The second-order valence-corrected chi connectivity index (χ2v) is 12.9. The molecule has 0 aromatic heterocycles. The topological polar surface area (TPSA) is 9.23 Å². The molecule has 27 heavy (non-hydrogen) atoms. The van der Waals surface area contributed by atoms with E-state index in [0.29, 0.717) is 0 Å². The third-order valence-electron chi connectivity index (χ3n) is 7.67. The summed E-state index contributed by atoms with van der Waals surface area (Å²) in [5, 5.41) is 0. The van der Waals surface area contributed by atoms with Crippen molar-refractivity contribution in [2.45, 2.75) is 95.7 Å². The van der Waals surface area contributed by atoms with Crippen LogP contribution in [0.1, 0.15) is 76.7 Å². The third-order valence-corrected chi connectivity index (χ3v) is 11.2. The van der Waals surface area contributed by atoms with Gasteiger partial charge in [0.1, 0.15) is 5.75 Å². The van der Waals surface area contributed by atoms with Crippen molar-refractivity contribution in [3.05, 3.63) is 29.8 Å². The Morgan fingerprint density at radius 3 is 2.19 bits per heavy atom. The molecule has 1 saturated carbocycles. The molecule has 1 aromatic carbocycles. The molecule has 1 saturated heterocycles. The predicted octanol–water partition coefficient (Wildman–Crippen LogP) is 7.26. The Hall–Kier alpha value is -0.763. The van der Waals surface area contributed by atoms with Crippen molar-refractivity contribution in [2.24, 2.45) is 17.8 Å². The van der Waals surface area contributed by atoms with E-state index in [4.69, 9.17) is 4.74 Å². The van der Waals surface area contributed by atoms with Crippen LogP contribution in [-0.2, 0) is 6.42 Å². The van der Waals surface area contributed by atoms with Crippen molar-refractivity contribution in [1.29, 1.82) is 0 Å². The summed E-state index contributed by atoms with van der Waals surface area (Å²) >= 11 is 0. The van der Waals surface area contributed by atoms with Gasteiger partial charge in [-0.1, -0.05) is 82.1 Å². The quantitative estimate of drug-likeness (QED) is 0.320. The molecule has 0 amide bonds. The summed E-state index contributed by atoms with van der Waals surface area (Å²) in [5.41, 5.74) is 1.48. The van der Waals surface area contributed by atoms with Crippen molar-refractivity contribution in [3.8, 4) is 5.75 Å². The summed E-state index contributed by atoms with van der Waals surface area (Å²) in [5.74, 6) is 4.13. The molecule has 2 fully saturated rings. The first kappa shape index (κ1) is 21.0. The molecule has 0 atom stereocenters. The fourth-order valence-electron chi connectivity index (χ4n) is 5.74. The van der Waals surface area contributed by atoms with Gasteiger partial charge in [0, 0.05) is 8.80 Å². The van der Waals surface area contributed by atoms with Crippen LogP contribution < -0.4 is 4.74 Å². The molecule has 1 aliphatic heterocycles. The van der Waals surface area contributed by atoms with E-state index in [0.717, 1.165) is 23.5 Å². The van der Waals surface area contributed by atoms with E-state index in [1.54, 1.807) is 38.1 Å². The number of hydrogen-bond acceptors (Lipinski definition) is 1. The molecule has 1 aromatic rings. The summed E-state index contributed by atoms with van der Waals surface area (Å²) in [6, 6.07) is 13.7. The summed E-state index contributed by atoms with van der Waals surface area (Å²) in [6.07, 6.45) is 16.3. The van der Waals surface area contributed by atoms with Gasteiger partial charge < -0.3 is 4.74 Å². The van der Waals surface area contributed by atoms with Crippen molar-refractivity contribution < 1.29 is 4.74 Å². The first-order valence-corrected chi connectivity index (χ1v) is 14.4. The average molecular weight is 387 g/mol. The number of aryl methyl sites for hydroxylation is 1. The molecule has 0 bridgehead atoms. The number of benzene rings is 1. The maximum absolute atomic E-state index is 5.27. The largest absolute Gasteiger partial charge is 0.497 e. The molecule has 0 unspecified atom stereocenters.